The first-order valence-electron chi connectivity index (χ1n) is 7.06. The summed E-state index contributed by atoms with van der Waals surface area (Å²) in [6.45, 7) is 1.53. The number of nitrogens with one attached hydrogen (secondary N) is 1. The number of carbonyl (C=O) groups is 2. The van der Waals surface area contributed by atoms with Gasteiger partial charge in [-0.3, -0.25) is 4.79 Å². The Labute approximate surface area is 128 Å². The molecule has 1 aliphatic rings. The summed E-state index contributed by atoms with van der Waals surface area (Å²) in [7, 11) is 0. The van der Waals surface area contributed by atoms with Gasteiger partial charge in [0.1, 0.15) is 0 Å². The van der Waals surface area contributed by atoms with Gasteiger partial charge in [0.25, 0.3) is 0 Å². The molecule has 0 aromatic heterocycles. The molecule has 114 valence electrons. The van der Waals surface area contributed by atoms with Crippen molar-refractivity contribution in [3.63, 3.8) is 0 Å². The highest BCUT2D eigenvalue weighted by molar-refractivity contribution is 6.30. The van der Waals surface area contributed by atoms with Crippen molar-refractivity contribution in [1.29, 1.82) is 0 Å². The Kier molecular flexibility index (Phi) is 5.44. The first-order chi connectivity index (χ1) is 10.1. The first kappa shape index (κ1) is 15.6. The molecule has 2 N–H and O–H groups in total. The SMILES string of the molecule is O=C(O)CCNC(=O)N1CCC[C@@H](c2ccc(Cl)cc2)C1. The second-order valence-corrected chi connectivity index (χ2v) is 5.65. The number of aliphatic carboxylic acids is 1. The van der Waals surface area contributed by atoms with Crippen LogP contribution in [0, 0.1) is 0 Å². The van der Waals surface area contributed by atoms with Crippen molar-refractivity contribution < 1.29 is 14.7 Å². The van der Waals surface area contributed by atoms with E-state index in [1.165, 1.54) is 5.56 Å². The van der Waals surface area contributed by atoms with Crippen molar-refractivity contribution in [2.45, 2.75) is 25.2 Å². The maximum absolute atomic E-state index is 12.0. The predicted octanol–water partition coefficient (Wildman–Crippen LogP) is 2.70. The Bertz CT molecular complexity index is 504. The number of urea groups is 1. The summed E-state index contributed by atoms with van der Waals surface area (Å²) in [5.41, 5.74) is 1.18. The first-order valence-corrected chi connectivity index (χ1v) is 7.44. The van der Waals surface area contributed by atoms with Crippen molar-refractivity contribution >= 4 is 23.6 Å². The van der Waals surface area contributed by atoms with Crippen LogP contribution in [0.1, 0.15) is 30.7 Å². The summed E-state index contributed by atoms with van der Waals surface area (Å²) in [5, 5.41) is 11.9. The molecule has 1 fully saturated rings. The minimum Gasteiger partial charge on any atom is -0.481 e. The fraction of sp³-hybridized carbons (Fsp3) is 0.467. The summed E-state index contributed by atoms with van der Waals surface area (Å²) in [5.74, 6) is -0.603. The summed E-state index contributed by atoms with van der Waals surface area (Å²) >= 11 is 5.89. The molecule has 0 aliphatic carbocycles. The van der Waals surface area contributed by atoms with Gasteiger partial charge in [-0.15, -0.1) is 0 Å². The van der Waals surface area contributed by atoms with Crippen LogP contribution in [0.4, 0.5) is 4.79 Å². The van der Waals surface area contributed by atoms with Gasteiger partial charge < -0.3 is 15.3 Å². The quantitative estimate of drug-likeness (QED) is 0.898. The Morgan fingerprint density at radius 1 is 1.33 bits per heavy atom. The number of rotatable bonds is 4. The van der Waals surface area contributed by atoms with E-state index in [2.05, 4.69) is 5.32 Å². The molecule has 1 atom stereocenters. The number of amides is 2. The fourth-order valence-corrected chi connectivity index (χ4v) is 2.68. The van der Waals surface area contributed by atoms with Gasteiger partial charge in [0.2, 0.25) is 0 Å². The summed E-state index contributed by atoms with van der Waals surface area (Å²) < 4.78 is 0. The molecule has 1 aromatic rings. The van der Waals surface area contributed by atoms with E-state index in [0.717, 1.165) is 12.8 Å². The minimum atomic E-state index is -0.909. The Morgan fingerprint density at radius 3 is 2.71 bits per heavy atom. The average Bonchev–Trinajstić information content (AvgIpc) is 2.47. The van der Waals surface area contributed by atoms with Gasteiger partial charge in [0, 0.05) is 30.6 Å². The highest BCUT2D eigenvalue weighted by Gasteiger charge is 2.24. The van der Waals surface area contributed by atoms with Gasteiger partial charge >= 0.3 is 12.0 Å². The summed E-state index contributed by atoms with van der Waals surface area (Å²) in [6.07, 6.45) is 1.93. The van der Waals surface area contributed by atoms with Crippen molar-refractivity contribution in [1.82, 2.24) is 10.2 Å². The molecule has 0 unspecified atom stereocenters. The second kappa shape index (κ2) is 7.31. The Morgan fingerprint density at radius 2 is 2.05 bits per heavy atom. The zero-order valence-electron chi connectivity index (χ0n) is 11.7. The van der Waals surface area contributed by atoms with E-state index in [1.807, 2.05) is 24.3 Å². The number of halogens is 1. The van der Waals surface area contributed by atoms with Crippen LogP contribution in [0.5, 0.6) is 0 Å². The molecule has 2 rings (SSSR count). The van der Waals surface area contributed by atoms with Gasteiger partial charge in [-0.2, -0.15) is 0 Å². The zero-order chi connectivity index (χ0) is 15.2. The van der Waals surface area contributed by atoms with Gasteiger partial charge in [-0.25, -0.2) is 4.79 Å². The number of carboxylic acid groups (broad SMARTS) is 1. The average molecular weight is 311 g/mol. The lowest BCUT2D eigenvalue weighted by Gasteiger charge is -2.33. The fourth-order valence-electron chi connectivity index (χ4n) is 2.56. The number of nitrogens with zero attached hydrogens (tertiary/aromatic N) is 1. The van der Waals surface area contributed by atoms with Crippen LogP contribution in [0.3, 0.4) is 0 Å². The van der Waals surface area contributed by atoms with Crippen molar-refractivity contribution in [2.75, 3.05) is 19.6 Å². The molecule has 0 saturated carbocycles. The van der Waals surface area contributed by atoms with Crippen LogP contribution in [0.25, 0.3) is 0 Å². The number of benzene rings is 1. The maximum Gasteiger partial charge on any atom is 0.317 e. The lowest BCUT2D eigenvalue weighted by atomic mass is 9.91. The molecule has 1 saturated heterocycles. The number of hydrogen-bond acceptors (Lipinski definition) is 2. The molecule has 0 spiro atoms. The molecule has 6 heteroatoms. The highest BCUT2D eigenvalue weighted by Crippen LogP contribution is 2.27. The van der Waals surface area contributed by atoms with E-state index < -0.39 is 5.97 Å². The van der Waals surface area contributed by atoms with Crippen LogP contribution in [-0.4, -0.2) is 41.6 Å². The van der Waals surface area contributed by atoms with E-state index in [0.29, 0.717) is 24.0 Å². The lowest BCUT2D eigenvalue weighted by Crippen LogP contribution is -2.45. The molecule has 2 amide bonds. The van der Waals surface area contributed by atoms with Crippen LogP contribution < -0.4 is 5.32 Å². The molecular weight excluding hydrogens is 292 g/mol. The van der Waals surface area contributed by atoms with Crippen molar-refractivity contribution in [2.24, 2.45) is 0 Å². The third kappa shape index (κ3) is 4.63. The van der Waals surface area contributed by atoms with Gasteiger partial charge in [0.05, 0.1) is 6.42 Å². The van der Waals surface area contributed by atoms with Gasteiger partial charge in [-0.1, -0.05) is 23.7 Å². The number of hydrogen-bond donors (Lipinski definition) is 2. The molecule has 0 bridgehead atoms. The number of likely N-dealkylation sites (tertiary alicyclic amines) is 1. The highest BCUT2D eigenvalue weighted by atomic mass is 35.5. The smallest absolute Gasteiger partial charge is 0.317 e. The summed E-state index contributed by atoms with van der Waals surface area (Å²) in [4.78, 5) is 24.2. The van der Waals surface area contributed by atoms with Crippen LogP contribution >= 0.6 is 11.6 Å². The summed E-state index contributed by atoms with van der Waals surface area (Å²) in [6, 6.07) is 7.54. The largest absolute Gasteiger partial charge is 0.481 e. The van der Waals surface area contributed by atoms with Crippen LogP contribution in [0.15, 0.2) is 24.3 Å². The Balaban J connectivity index is 1.89. The van der Waals surface area contributed by atoms with E-state index in [4.69, 9.17) is 16.7 Å². The third-order valence-electron chi connectivity index (χ3n) is 3.67. The van der Waals surface area contributed by atoms with Crippen molar-refractivity contribution in [3.05, 3.63) is 34.9 Å². The van der Waals surface area contributed by atoms with E-state index in [9.17, 15) is 9.59 Å². The molecule has 1 aliphatic heterocycles. The van der Waals surface area contributed by atoms with Gasteiger partial charge in [-0.05, 0) is 30.5 Å². The molecule has 1 aromatic carbocycles. The normalized spacial score (nSPS) is 18.3. The van der Waals surface area contributed by atoms with Crippen LogP contribution in [-0.2, 0) is 4.79 Å². The third-order valence-corrected chi connectivity index (χ3v) is 3.92. The minimum absolute atomic E-state index is 0.0554. The predicted molar refractivity (Wildman–Crippen MR) is 80.7 cm³/mol. The van der Waals surface area contributed by atoms with Crippen molar-refractivity contribution in [3.8, 4) is 0 Å². The monoisotopic (exact) mass is 310 g/mol. The second-order valence-electron chi connectivity index (χ2n) is 5.21. The Hall–Kier alpha value is -1.75. The van der Waals surface area contributed by atoms with E-state index in [-0.39, 0.29) is 19.0 Å². The van der Waals surface area contributed by atoms with E-state index >= 15 is 0 Å². The zero-order valence-corrected chi connectivity index (χ0v) is 12.5. The van der Waals surface area contributed by atoms with Gasteiger partial charge in [0.15, 0.2) is 0 Å². The molecular formula is C15H19ClN2O3. The molecule has 1 heterocycles. The molecule has 0 radical (unpaired) electrons. The maximum atomic E-state index is 12.0. The number of carbonyl (C=O) groups excluding carboxylic acids is 1. The lowest BCUT2D eigenvalue weighted by molar-refractivity contribution is -0.136. The van der Waals surface area contributed by atoms with Crippen LogP contribution in [0.2, 0.25) is 5.02 Å². The van der Waals surface area contributed by atoms with E-state index in [1.54, 1.807) is 4.90 Å². The molecule has 21 heavy (non-hydrogen) atoms. The standard InChI is InChI=1S/C15H19ClN2O3/c16-13-5-3-11(4-6-13)12-2-1-9-18(10-12)15(21)17-8-7-14(19)20/h3-6,12H,1-2,7-10H2,(H,17,21)(H,19,20)/t12-/m1/s1. The number of carboxylic acids is 1. The topological polar surface area (TPSA) is 69.6 Å². The molecule has 5 nitrogen and oxygen atoms in total. The number of piperidine rings is 1.